The van der Waals surface area contributed by atoms with E-state index < -0.39 is 149 Å². The fourth-order valence-corrected chi connectivity index (χ4v) is 3.14. The Morgan fingerprint density at radius 1 is 1.15 bits per heavy atom. The van der Waals surface area contributed by atoms with E-state index in [1.165, 1.54) is 0 Å². The summed E-state index contributed by atoms with van der Waals surface area (Å²) in [4.78, 5) is 43.1. The molecule has 0 aliphatic carbocycles. The van der Waals surface area contributed by atoms with E-state index in [1.54, 1.807) is 0 Å². The van der Waals surface area contributed by atoms with Crippen molar-refractivity contribution in [3.8, 4) is 23.0 Å². The van der Waals surface area contributed by atoms with Crippen LogP contribution >= 0.6 is 7.82 Å². The third kappa shape index (κ3) is 6.15. The Balaban J connectivity index is 1.93. The predicted octanol–water partition coefficient (Wildman–Crippen LogP) is 3.09. The molecule has 0 unspecified atom stereocenters. The van der Waals surface area contributed by atoms with Gasteiger partial charge in [0.05, 0.1) is 46.5 Å². The number of halogens is 1. The van der Waals surface area contributed by atoms with E-state index in [4.69, 9.17) is 41.6 Å². The van der Waals surface area contributed by atoms with E-state index in [-0.39, 0.29) is 4.90 Å². The van der Waals surface area contributed by atoms with Crippen molar-refractivity contribution in [2.45, 2.75) is 19.3 Å². The van der Waals surface area contributed by atoms with Crippen LogP contribution in [0.15, 0.2) is 30.3 Å². The van der Waals surface area contributed by atoms with E-state index in [0.29, 0.717) is 0 Å². The number of carbonyl (C=O) groups excluding carboxylic acids is 1. The lowest BCUT2D eigenvalue weighted by atomic mass is 10.1. The number of nitrogens with one attached hydrogen (secondary N) is 2. The van der Waals surface area contributed by atoms with Gasteiger partial charge in [0.2, 0.25) is 11.7 Å². The van der Waals surface area contributed by atoms with E-state index in [2.05, 4.69) is 29.5 Å². The molecular formula is C23H26FN6O9P. The number of aromatic nitrogens is 3. The minimum atomic E-state index is -5.54. The Labute approximate surface area is 255 Å². The standard InChI is InChI=1S/C23H26FN6O9P/c1-23(2)21(31)30(11-38-40(32,33)34)20-14(39-23)6-7-17(28-20)27-19-13(24)10-25-22(29-19)26-12-8-15(35-3)18(37-5)16(9-12)36-4/h6-10H,11H2,1-5H3,(H2,32,33,34)(H2,25,26,27,28,29)/i1D3,2D3,3D3,4D3,5D3,6D,7D,8D,9D,10D. The molecule has 0 bridgehead atoms. The lowest BCUT2D eigenvalue weighted by molar-refractivity contribution is -0.133. The van der Waals surface area contributed by atoms with Gasteiger partial charge in [-0.3, -0.25) is 14.2 Å². The largest absolute Gasteiger partial charge is 0.493 e. The molecule has 2 aromatic heterocycles. The van der Waals surface area contributed by atoms with Crippen molar-refractivity contribution in [1.29, 1.82) is 0 Å². The molecule has 1 aromatic carbocycles. The zero-order chi connectivity index (χ0) is 46.1. The molecule has 40 heavy (non-hydrogen) atoms. The minimum Gasteiger partial charge on any atom is -0.493 e. The average Bonchev–Trinajstić information content (AvgIpc) is 3.04. The number of methoxy groups -OCH3 is 3. The van der Waals surface area contributed by atoms with Crippen LogP contribution in [0.1, 0.15) is 41.1 Å². The molecule has 0 radical (unpaired) electrons. The van der Waals surface area contributed by atoms with Crippen molar-refractivity contribution < 1.29 is 74.4 Å². The van der Waals surface area contributed by atoms with Crippen LogP contribution in [0.3, 0.4) is 0 Å². The third-order valence-corrected chi connectivity index (χ3v) is 4.93. The van der Waals surface area contributed by atoms with Gasteiger partial charge in [0, 0.05) is 26.0 Å². The number of phosphoric ester groups is 1. The Morgan fingerprint density at radius 2 is 1.88 bits per heavy atom. The van der Waals surface area contributed by atoms with Crippen LogP contribution in [0.2, 0.25) is 0 Å². The van der Waals surface area contributed by atoms with E-state index in [1.807, 2.05) is 5.32 Å². The fourth-order valence-electron chi connectivity index (χ4n) is 2.88. The molecule has 3 aromatic rings. The highest BCUT2D eigenvalue weighted by molar-refractivity contribution is 7.46. The van der Waals surface area contributed by atoms with E-state index >= 15 is 4.39 Å². The summed E-state index contributed by atoms with van der Waals surface area (Å²) in [6, 6.07) is -4.96. The predicted molar refractivity (Wildman–Crippen MR) is 139 cm³/mol. The first-order valence-electron chi connectivity index (χ1n) is 19.9. The van der Waals surface area contributed by atoms with Gasteiger partial charge in [0.15, 0.2) is 40.3 Å². The quantitative estimate of drug-likeness (QED) is 0.249. The Morgan fingerprint density at radius 3 is 2.52 bits per heavy atom. The van der Waals surface area contributed by atoms with Crippen molar-refractivity contribution in [3.63, 3.8) is 0 Å². The monoisotopic (exact) mass is 600 g/mol. The first-order chi connectivity index (χ1) is 26.9. The number of amides is 1. The van der Waals surface area contributed by atoms with Crippen LogP contribution in [0.25, 0.3) is 0 Å². The number of ether oxygens (including phenoxy) is 4. The molecule has 1 aliphatic heterocycles. The summed E-state index contributed by atoms with van der Waals surface area (Å²) < 4.78 is 207. The summed E-state index contributed by atoms with van der Waals surface area (Å²) in [7, 11) is -16.0. The Bertz CT molecular complexity index is 2190. The van der Waals surface area contributed by atoms with Crippen LogP contribution in [0.4, 0.5) is 33.5 Å². The summed E-state index contributed by atoms with van der Waals surface area (Å²) in [5.74, 6) is -13.3. The van der Waals surface area contributed by atoms with Gasteiger partial charge in [-0.25, -0.2) is 18.9 Å². The number of hydrogen-bond donors (Lipinski definition) is 4. The van der Waals surface area contributed by atoms with E-state index in [0.717, 1.165) is 0 Å². The molecule has 1 amide bonds. The maximum atomic E-state index is 15.4. The second-order valence-corrected chi connectivity index (χ2v) is 8.36. The van der Waals surface area contributed by atoms with Crippen molar-refractivity contribution in [2.24, 2.45) is 0 Å². The average molecular weight is 601 g/mol. The number of pyridine rings is 1. The molecule has 0 fully saturated rings. The molecule has 0 atom stereocenters. The number of hydrogen-bond acceptors (Lipinski definition) is 12. The lowest BCUT2D eigenvalue weighted by Crippen LogP contribution is -2.53. The zero-order valence-corrected chi connectivity index (χ0v) is 20.0. The maximum Gasteiger partial charge on any atom is 0.471 e. The van der Waals surface area contributed by atoms with Crippen molar-refractivity contribution in [2.75, 3.05) is 43.4 Å². The normalized spacial score (nSPS) is 23.1. The molecule has 1 aliphatic rings. The smallest absolute Gasteiger partial charge is 0.471 e. The number of benzene rings is 1. The van der Waals surface area contributed by atoms with Gasteiger partial charge in [0.1, 0.15) is 12.5 Å². The van der Waals surface area contributed by atoms with Gasteiger partial charge in [-0.2, -0.15) is 4.98 Å². The van der Waals surface area contributed by atoms with Crippen molar-refractivity contribution >= 4 is 42.8 Å². The molecule has 4 rings (SSSR count). The molecule has 3 heterocycles. The number of nitrogens with zero attached hydrogens (tertiary/aromatic N) is 4. The lowest BCUT2D eigenvalue weighted by Gasteiger charge is -2.37. The van der Waals surface area contributed by atoms with Crippen LogP contribution < -0.4 is 34.5 Å². The molecule has 0 spiro atoms. The SMILES string of the molecule is [2H]c1nc(Nc2c([2H])c(OC([2H])([2H])[2H])c(OC([2H])([2H])[2H])c(OC([2H])([2H])[2H])c2[2H])nc(Nc2nc3c(c([2H])c2[2H])OC(C([2H])([2H])[2H])(C([2H])([2H])[2H])C(=O)N3COP(=O)(O)O)c1F. The summed E-state index contributed by atoms with van der Waals surface area (Å²) >= 11 is 0. The topological polar surface area (TPSA) is 187 Å². The van der Waals surface area contributed by atoms with E-state index in [9.17, 15) is 19.1 Å². The van der Waals surface area contributed by atoms with Crippen molar-refractivity contribution in [1.82, 2.24) is 15.0 Å². The zero-order valence-electron chi connectivity index (χ0n) is 39.1. The van der Waals surface area contributed by atoms with Gasteiger partial charge < -0.3 is 39.4 Å². The Kier molecular flexibility index (Phi) is 3.47. The van der Waals surface area contributed by atoms with Crippen LogP contribution in [-0.4, -0.2) is 64.1 Å². The highest BCUT2D eigenvalue weighted by Crippen LogP contribution is 2.42. The number of phosphoric acid groups is 1. The van der Waals surface area contributed by atoms with Crippen molar-refractivity contribution in [3.05, 3.63) is 36.2 Å². The number of fused-ring (bicyclic) bond motifs is 1. The highest BCUT2D eigenvalue weighted by atomic mass is 31.2. The second-order valence-electron chi connectivity index (χ2n) is 7.12. The van der Waals surface area contributed by atoms with Gasteiger partial charge >= 0.3 is 7.82 Å². The summed E-state index contributed by atoms with van der Waals surface area (Å²) in [6.07, 6.45) is -1.35. The summed E-state index contributed by atoms with van der Waals surface area (Å²) in [5, 5.41) is 4.16. The number of carbonyl (C=O) groups is 1. The van der Waals surface area contributed by atoms with Gasteiger partial charge in [0.25, 0.3) is 5.91 Å². The van der Waals surface area contributed by atoms with Crippen LogP contribution in [0.5, 0.6) is 23.0 Å². The maximum absolute atomic E-state index is 15.4. The molecule has 0 saturated heterocycles. The molecule has 0 saturated carbocycles. The highest BCUT2D eigenvalue weighted by Gasteiger charge is 2.42. The first kappa shape index (κ1) is 12.5. The summed E-state index contributed by atoms with van der Waals surface area (Å²) in [6.45, 7) is -9.46. The first-order valence-corrected chi connectivity index (χ1v) is 11.5. The number of rotatable bonds is 10. The molecule has 4 N–H and O–H groups in total. The van der Waals surface area contributed by atoms with Gasteiger partial charge in [-0.05, 0) is 25.8 Å². The minimum absolute atomic E-state index is 0.0540. The fraction of sp³-hybridized carbons (Fsp3) is 0.304. The Hall–Kier alpha value is -4.24. The van der Waals surface area contributed by atoms with Gasteiger partial charge in [-0.1, -0.05) is 0 Å². The third-order valence-electron chi connectivity index (χ3n) is 4.48. The molecule has 214 valence electrons. The van der Waals surface area contributed by atoms with Crippen LogP contribution in [0, 0.1) is 5.82 Å². The van der Waals surface area contributed by atoms with Crippen LogP contribution in [-0.2, 0) is 13.9 Å². The van der Waals surface area contributed by atoms with Gasteiger partial charge in [-0.15, -0.1) is 0 Å². The molecular weight excluding hydrogens is 554 g/mol. The number of anilines is 5. The molecule has 15 nitrogen and oxygen atoms in total. The second kappa shape index (κ2) is 11.1. The molecule has 17 heteroatoms. The summed E-state index contributed by atoms with van der Waals surface area (Å²) in [5.41, 5.74) is -4.91.